The highest BCUT2D eigenvalue weighted by Gasteiger charge is 2.17. The van der Waals surface area contributed by atoms with Crippen molar-refractivity contribution in [3.05, 3.63) is 12.2 Å². The lowest BCUT2D eigenvalue weighted by Crippen LogP contribution is -2.43. The van der Waals surface area contributed by atoms with Gasteiger partial charge in [0.1, 0.15) is 0 Å². The molecule has 1 atom stereocenters. The fourth-order valence-electron chi connectivity index (χ4n) is 1.85. The minimum atomic E-state index is 0.763. The number of piperidine rings is 1. The van der Waals surface area contributed by atoms with Gasteiger partial charge in [-0.05, 0) is 33.4 Å². The van der Waals surface area contributed by atoms with E-state index in [2.05, 4.69) is 36.3 Å². The van der Waals surface area contributed by atoms with Crippen molar-refractivity contribution in [2.24, 2.45) is 0 Å². The van der Waals surface area contributed by atoms with Crippen molar-refractivity contribution in [2.75, 3.05) is 26.7 Å². The van der Waals surface area contributed by atoms with Gasteiger partial charge in [-0.2, -0.15) is 0 Å². The molecule has 1 rings (SSSR count). The molecule has 1 heterocycles. The molecule has 0 saturated carbocycles. The molecule has 0 spiro atoms. The van der Waals surface area contributed by atoms with Crippen molar-refractivity contribution in [1.29, 1.82) is 0 Å². The van der Waals surface area contributed by atoms with E-state index in [0.29, 0.717) is 0 Å². The van der Waals surface area contributed by atoms with Gasteiger partial charge < -0.3 is 10.2 Å². The molecular formula is C11H22N2. The Hall–Kier alpha value is -0.340. The van der Waals surface area contributed by atoms with Crippen LogP contribution in [0.4, 0.5) is 0 Å². The van der Waals surface area contributed by atoms with E-state index in [-0.39, 0.29) is 0 Å². The molecule has 1 N–H and O–H groups in total. The number of allylic oxidation sites excluding steroid dienone is 1. The Labute approximate surface area is 82.0 Å². The first-order valence-corrected chi connectivity index (χ1v) is 5.36. The topological polar surface area (TPSA) is 15.3 Å². The summed E-state index contributed by atoms with van der Waals surface area (Å²) < 4.78 is 0. The summed E-state index contributed by atoms with van der Waals surface area (Å²) in [5.41, 5.74) is 0. The SMILES string of the molecule is C/C=C/CNCC1CCCCN1C. The molecule has 2 nitrogen and oxygen atoms in total. The minimum Gasteiger partial charge on any atom is -0.312 e. The van der Waals surface area contributed by atoms with E-state index in [1.54, 1.807) is 0 Å². The Kier molecular flexibility index (Phi) is 5.09. The predicted molar refractivity (Wildman–Crippen MR) is 58.0 cm³/mol. The molecule has 0 amide bonds. The van der Waals surface area contributed by atoms with Gasteiger partial charge >= 0.3 is 0 Å². The van der Waals surface area contributed by atoms with Crippen molar-refractivity contribution in [3.63, 3.8) is 0 Å². The lowest BCUT2D eigenvalue weighted by atomic mass is 10.0. The number of likely N-dealkylation sites (tertiary alicyclic amines) is 1. The standard InChI is InChI=1S/C11H22N2/c1-3-4-8-12-10-11-7-5-6-9-13(11)2/h3-4,11-12H,5-10H2,1-2H3/b4-3+. The molecular weight excluding hydrogens is 160 g/mol. The fraction of sp³-hybridized carbons (Fsp3) is 0.818. The second-order valence-electron chi connectivity index (χ2n) is 3.86. The first-order chi connectivity index (χ1) is 6.34. The van der Waals surface area contributed by atoms with Crippen molar-refractivity contribution in [1.82, 2.24) is 10.2 Å². The third-order valence-corrected chi connectivity index (χ3v) is 2.80. The predicted octanol–water partition coefficient (Wildman–Crippen LogP) is 1.64. The molecule has 76 valence electrons. The van der Waals surface area contributed by atoms with Crippen molar-refractivity contribution in [2.45, 2.75) is 32.2 Å². The summed E-state index contributed by atoms with van der Waals surface area (Å²) in [5.74, 6) is 0. The molecule has 0 radical (unpaired) electrons. The molecule has 2 heteroatoms. The van der Waals surface area contributed by atoms with Crippen LogP contribution in [0.3, 0.4) is 0 Å². The van der Waals surface area contributed by atoms with Crippen LogP contribution in [0.1, 0.15) is 26.2 Å². The van der Waals surface area contributed by atoms with E-state index in [1.807, 2.05) is 0 Å². The maximum Gasteiger partial charge on any atom is 0.0217 e. The van der Waals surface area contributed by atoms with Crippen LogP contribution in [-0.2, 0) is 0 Å². The van der Waals surface area contributed by atoms with Gasteiger partial charge in [0.15, 0.2) is 0 Å². The third-order valence-electron chi connectivity index (χ3n) is 2.80. The molecule has 1 aliphatic heterocycles. The lowest BCUT2D eigenvalue weighted by molar-refractivity contribution is 0.183. The smallest absolute Gasteiger partial charge is 0.0217 e. The first-order valence-electron chi connectivity index (χ1n) is 5.36. The molecule has 13 heavy (non-hydrogen) atoms. The van der Waals surface area contributed by atoms with E-state index < -0.39 is 0 Å². The van der Waals surface area contributed by atoms with Crippen LogP contribution >= 0.6 is 0 Å². The van der Waals surface area contributed by atoms with Crippen LogP contribution in [-0.4, -0.2) is 37.6 Å². The highest BCUT2D eigenvalue weighted by molar-refractivity contribution is 4.82. The van der Waals surface area contributed by atoms with Gasteiger partial charge in [0, 0.05) is 19.1 Å². The average molecular weight is 182 g/mol. The summed E-state index contributed by atoms with van der Waals surface area (Å²) in [6.45, 7) is 5.49. The van der Waals surface area contributed by atoms with Crippen molar-refractivity contribution < 1.29 is 0 Å². The second kappa shape index (κ2) is 6.17. The Balaban J connectivity index is 2.11. The quantitative estimate of drug-likeness (QED) is 0.525. The molecule has 0 aromatic heterocycles. The zero-order chi connectivity index (χ0) is 9.52. The second-order valence-corrected chi connectivity index (χ2v) is 3.86. The number of hydrogen-bond acceptors (Lipinski definition) is 2. The van der Waals surface area contributed by atoms with Crippen LogP contribution in [0.5, 0.6) is 0 Å². The van der Waals surface area contributed by atoms with Gasteiger partial charge in [-0.1, -0.05) is 18.6 Å². The number of rotatable bonds is 4. The number of likely N-dealkylation sites (N-methyl/N-ethyl adjacent to an activating group) is 1. The maximum atomic E-state index is 3.46. The molecule has 1 fully saturated rings. The zero-order valence-corrected chi connectivity index (χ0v) is 8.92. The van der Waals surface area contributed by atoms with Crippen molar-refractivity contribution >= 4 is 0 Å². The zero-order valence-electron chi connectivity index (χ0n) is 8.92. The van der Waals surface area contributed by atoms with Gasteiger partial charge in [-0.25, -0.2) is 0 Å². The summed E-state index contributed by atoms with van der Waals surface area (Å²) in [6, 6.07) is 0.763. The summed E-state index contributed by atoms with van der Waals surface area (Å²) in [5, 5.41) is 3.46. The van der Waals surface area contributed by atoms with Crippen LogP contribution in [0.2, 0.25) is 0 Å². The minimum absolute atomic E-state index is 0.763. The van der Waals surface area contributed by atoms with Crippen LogP contribution < -0.4 is 5.32 Å². The van der Waals surface area contributed by atoms with Gasteiger partial charge in [-0.3, -0.25) is 0 Å². The molecule has 1 saturated heterocycles. The first kappa shape index (κ1) is 10.7. The third kappa shape index (κ3) is 3.92. The van der Waals surface area contributed by atoms with Gasteiger partial charge in [0.2, 0.25) is 0 Å². The average Bonchev–Trinajstić information content (AvgIpc) is 2.15. The van der Waals surface area contributed by atoms with Crippen molar-refractivity contribution in [3.8, 4) is 0 Å². The summed E-state index contributed by atoms with van der Waals surface area (Å²) in [6.07, 6.45) is 8.40. The van der Waals surface area contributed by atoms with Crippen LogP contribution in [0, 0.1) is 0 Å². The van der Waals surface area contributed by atoms with E-state index in [4.69, 9.17) is 0 Å². The maximum absolute atomic E-state index is 3.46. The fourth-order valence-corrected chi connectivity index (χ4v) is 1.85. The molecule has 0 aliphatic carbocycles. The van der Waals surface area contributed by atoms with Crippen LogP contribution in [0.25, 0.3) is 0 Å². The Bertz CT molecular complexity index is 154. The summed E-state index contributed by atoms with van der Waals surface area (Å²) in [7, 11) is 2.24. The van der Waals surface area contributed by atoms with E-state index in [9.17, 15) is 0 Å². The molecule has 0 aromatic rings. The normalized spacial score (nSPS) is 25.5. The molecule has 1 aliphatic rings. The van der Waals surface area contributed by atoms with E-state index >= 15 is 0 Å². The van der Waals surface area contributed by atoms with Gasteiger partial charge in [0.25, 0.3) is 0 Å². The highest BCUT2D eigenvalue weighted by atomic mass is 15.2. The Morgan fingerprint density at radius 1 is 1.46 bits per heavy atom. The highest BCUT2D eigenvalue weighted by Crippen LogP contribution is 2.13. The summed E-state index contributed by atoms with van der Waals surface area (Å²) in [4.78, 5) is 2.48. The van der Waals surface area contributed by atoms with E-state index in [0.717, 1.165) is 19.1 Å². The largest absolute Gasteiger partial charge is 0.312 e. The lowest BCUT2D eigenvalue weighted by Gasteiger charge is -2.32. The van der Waals surface area contributed by atoms with Crippen LogP contribution in [0.15, 0.2) is 12.2 Å². The molecule has 1 unspecified atom stereocenters. The Morgan fingerprint density at radius 2 is 2.31 bits per heavy atom. The molecule has 0 aromatic carbocycles. The monoisotopic (exact) mass is 182 g/mol. The van der Waals surface area contributed by atoms with Gasteiger partial charge in [-0.15, -0.1) is 0 Å². The number of nitrogens with zero attached hydrogens (tertiary/aromatic N) is 1. The number of nitrogens with one attached hydrogen (secondary N) is 1. The molecule has 0 bridgehead atoms. The summed E-state index contributed by atoms with van der Waals surface area (Å²) >= 11 is 0. The van der Waals surface area contributed by atoms with Gasteiger partial charge in [0.05, 0.1) is 0 Å². The number of hydrogen-bond donors (Lipinski definition) is 1. The van der Waals surface area contributed by atoms with E-state index in [1.165, 1.54) is 25.8 Å². The Morgan fingerprint density at radius 3 is 3.00 bits per heavy atom.